The molecule has 0 amide bonds. The van der Waals surface area contributed by atoms with Gasteiger partial charge in [0, 0.05) is 5.75 Å². The Morgan fingerprint density at radius 2 is 2.57 bits per heavy atom. The maximum atomic E-state index is 8.97. The zero-order chi connectivity index (χ0) is 10.4. The molecule has 76 valence electrons. The van der Waals surface area contributed by atoms with Crippen molar-refractivity contribution in [1.82, 2.24) is 20.5 Å². The number of rotatable bonds is 5. The summed E-state index contributed by atoms with van der Waals surface area (Å²) >= 11 is 1.48. The minimum Gasteiger partial charge on any atom is -0.299 e. The molecule has 2 N–H and O–H groups in total. The Hall–Kier alpha value is -1.06. The number of hydrogen-bond acceptors (Lipinski definition) is 5. The fraction of sp³-hybridized carbons (Fsp3) is 0.625. The Bertz CT molecular complexity index is 304. The van der Waals surface area contributed by atoms with Gasteiger partial charge in [0.25, 0.3) is 0 Å². The van der Waals surface area contributed by atoms with Crippen LogP contribution >= 0.6 is 11.8 Å². The first-order chi connectivity index (χ1) is 6.70. The lowest BCUT2D eigenvalue weighted by Gasteiger charge is -2.20. The number of aromatic nitrogens is 3. The van der Waals surface area contributed by atoms with Crippen molar-refractivity contribution in [1.29, 1.82) is 5.26 Å². The van der Waals surface area contributed by atoms with Crippen molar-refractivity contribution in [2.45, 2.75) is 24.5 Å². The molecule has 0 fully saturated rings. The van der Waals surface area contributed by atoms with Gasteiger partial charge >= 0.3 is 0 Å². The van der Waals surface area contributed by atoms with E-state index in [2.05, 4.69) is 26.6 Å². The van der Waals surface area contributed by atoms with Crippen LogP contribution in [0.15, 0.2) is 11.5 Å². The van der Waals surface area contributed by atoms with E-state index in [9.17, 15) is 0 Å². The zero-order valence-corrected chi connectivity index (χ0v) is 9.06. The third-order valence-electron chi connectivity index (χ3n) is 1.70. The molecule has 1 rings (SSSR count). The van der Waals surface area contributed by atoms with Crippen molar-refractivity contribution >= 4 is 11.8 Å². The maximum Gasteiger partial charge on any atom is 0.183 e. The molecular formula is C8H13N5S. The summed E-state index contributed by atoms with van der Waals surface area (Å²) in [5.41, 5.74) is -0.508. The predicted molar refractivity (Wildman–Crippen MR) is 54.8 cm³/mol. The van der Waals surface area contributed by atoms with Gasteiger partial charge in [0.05, 0.1) is 6.07 Å². The van der Waals surface area contributed by atoms with E-state index in [-0.39, 0.29) is 0 Å². The average molecular weight is 211 g/mol. The summed E-state index contributed by atoms with van der Waals surface area (Å²) in [5, 5.41) is 19.3. The first kappa shape index (κ1) is 11.0. The number of nitrogens with one attached hydrogen (secondary N) is 2. The molecule has 1 heterocycles. The summed E-state index contributed by atoms with van der Waals surface area (Å²) in [6.07, 6.45) is 1.46. The lowest BCUT2D eigenvalue weighted by molar-refractivity contribution is 0.511. The molecule has 6 heteroatoms. The van der Waals surface area contributed by atoms with Gasteiger partial charge in [-0.2, -0.15) is 10.4 Å². The highest BCUT2D eigenvalue weighted by Gasteiger charge is 2.22. The topological polar surface area (TPSA) is 77.4 Å². The molecule has 1 atom stereocenters. The van der Waals surface area contributed by atoms with Gasteiger partial charge < -0.3 is 0 Å². The van der Waals surface area contributed by atoms with Crippen LogP contribution < -0.4 is 5.32 Å². The highest BCUT2D eigenvalue weighted by Crippen LogP contribution is 2.17. The molecule has 1 unspecified atom stereocenters. The Balaban J connectivity index is 2.46. The van der Waals surface area contributed by atoms with Crippen LogP contribution in [0.25, 0.3) is 0 Å². The van der Waals surface area contributed by atoms with Crippen molar-refractivity contribution in [2.24, 2.45) is 0 Å². The largest absolute Gasteiger partial charge is 0.299 e. The third kappa shape index (κ3) is 3.01. The van der Waals surface area contributed by atoms with Crippen LogP contribution in [0.2, 0.25) is 0 Å². The Labute approximate surface area is 87.3 Å². The summed E-state index contributed by atoms with van der Waals surface area (Å²) in [5.74, 6) is 0.645. The summed E-state index contributed by atoms with van der Waals surface area (Å²) in [7, 11) is 0. The van der Waals surface area contributed by atoms with E-state index in [0.29, 0.717) is 5.75 Å². The summed E-state index contributed by atoms with van der Waals surface area (Å²) in [4.78, 5) is 3.97. The molecule has 5 nitrogen and oxygen atoms in total. The molecule has 0 spiro atoms. The smallest absolute Gasteiger partial charge is 0.183 e. The second-order valence-electron chi connectivity index (χ2n) is 3.05. The van der Waals surface area contributed by atoms with Gasteiger partial charge in [0.1, 0.15) is 11.9 Å². The number of H-pyrrole nitrogens is 1. The quantitative estimate of drug-likeness (QED) is 0.704. The number of nitriles is 1. The van der Waals surface area contributed by atoms with Gasteiger partial charge in [-0.15, -0.1) is 0 Å². The van der Waals surface area contributed by atoms with E-state index in [4.69, 9.17) is 5.26 Å². The summed E-state index contributed by atoms with van der Waals surface area (Å²) in [6.45, 7) is 4.63. The van der Waals surface area contributed by atoms with Crippen molar-refractivity contribution in [3.05, 3.63) is 6.33 Å². The molecule has 0 aromatic carbocycles. The lowest BCUT2D eigenvalue weighted by Crippen LogP contribution is -2.43. The van der Waals surface area contributed by atoms with Gasteiger partial charge in [-0.05, 0) is 13.5 Å². The second kappa shape index (κ2) is 4.98. The summed E-state index contributed by atoms with van der Waals surface area (Å²) < 4.78 is 0. The van der Waals surface area contributed by atoms with E-state index in [1.165, 1.54) is 18.1 Å². The highest BCUT2D eigenvalue weighted by molar-refractivity contribution is 7.99. The number of hydrogen-bond donors (Lipinski definition) is 2. The van der Waals surface area contributed by atoms with E-state index in [0.717, 1.165) is 11.7 Å². The molecular weight excluding hydrogens is 198 g/mol. The molecule has 0 aliphatic rings. The van der Waals surface area contributed by atoms with Gasteiger partial charge in [-0.25, -0.2) is 4.98 Å². The van der Waals surface area contributed by atoms with Crippen LogP contribution in [0.1, 0.15) is 13.8 Å². The first-order valence-electron chi connectivity index (χ1n) is 4.34. The van der Waals surface area contributed by atoms with Crippen molar-refractivity contribution in [3.63, 3.8) is 0 Å². The molecule has 0 aliphatic heterocycles. The molecule has 1 aromatic rings. The molecule has 0 bridgehead atoms. The second-order valence-corrected chi connectivity index (χ2v) is 4.02. The van der Waals surface area contributed by atoms with Crippen LogP contribution in [0, 0.1) is 11.3 Å². The van der Waals surface area contributed by atoms with Crippen molar-refractivity contribution < 1.29 is 0 Å². The molecule has 0 saturated carbocycles. The minimum absolute atomic E-state index is 0.508. The first-order valence-corrected chi connectivity index (χ1v) is 5.33. The van der Waals surface area contributed by atoms with E-state index < -0.39 is 5.54 Å². The maximum absolute atomic E-state index is 8.97. The fourth-order valence-electron chi connectivity index (χ4n) is 0.989. The van der Waals surface area contributed by atoms with E-state index in [1.807, 2.05) is 13.8 Å². The molecule has 0 radical (unpaired) electrons. The van der Waals surface area contributed by atoms with Gasteiger partial charge in [-0.3, -0.25) is 10.4 Å². The third-order valence-corrected chi connectivity index (χ3v) is 2.90. The van der Waals surface area contributed by atoms with Crippen LogP contribution in [-0.2, 0) is 0 Å². The van der Waals surface area contributed by atoms with Gasteiger partial charge in [-0.1, -0.05) is 18.7 Å². The Kier molecular flexibility index (Phi) is 3.92. The van der Waals surface area contributed by atoms with E-state index >= 15 is 0 Å². The molecule has 0 aliphatic carbocycles. The lowest BCUT2D eigenvalue weighted by atomic mass is 10.1. The molecule has 0 saturated heterocycles. The Morgan fingerprint density at radius 3 is 3.07 bits per heavy atom. The van der Waals surface area contributed by atoms with Crippen LogP contribution in [0.4, 0.5) is 0 Å². The average Bonchev–Trinajstić information content (AvgIpc) is 2.68. The Morgan fingerprint density at radius 1 is 1.79 bits per heavy atom. The SMILES string of the molecule is CCNC(C)(C#N)CSc1ncn[nH]1. The van der Waals surface area contributed by atoms with Crippen molar-refractivity contribution in [2.75, 3.05) is 12.3 Å². The standard InChI is InChI=1S/C8H13N5S/c1-3-11-8(2,4-9)5-14-7-10-6-12-13-7/h6,11H,3,5H2,1-2H3,(H,10,12,13). The number of aromatic amines is 1. The van der Waals surface area contributed by atoms with Crippen LogP contribution in [0.5, 0.6) is 0 Å². The van der Waals surface area contributed by atoms with Gasteiger partial charge in [0.2, 0.25) is 0 Å². The molecule has 14 heavy (non-hydrogen) atoms. The monoisotopic (exact) mass is 211 g/mol. The van der Waals surface area contributed by atoms with Gasteiger partial charge in [0.15, 0.2) is 5.16 Å². The highest BCUT2D eigenvalue weighted by atomic mass is 32.2. The number of thioether (sulfide) groups is 1. The van der Waals surface area contributed by atoms with E-state index in [1.54, 1.807) is 0 Å². The fourth-order valence-corrected chi connectivity index (χ4v) is 1.82. The predicted octanol–water partition coefficient (Wildman–Crippen LogP) is 0.789. The summed E-state index contributed by atoms with van der Waals surface area (Å²) in [6, 6.07) is 2.25. The number of nitrogens with zero attached hydrogens (tertiary/aromatic N) is 3. The zero-order valence-electron chi connectivity index (χ0n) is 8.24. The normalized spacial score (nSPS) is 14.6. The minimum atomic E-state index is -0.508. The molecule has 1 aromatic heterocycles. The van der Waals surface area contributed by atoms with Crippen molar-refractivity contribution in [3.8, 4) is 6.07 Å². The van der Waals surface area contributed by atoms with Crippen LogP contribution in [-0.4, -0.2) is 33.0 Å². The van der Waals surface area contributed by atoms with Crippen LogP contribution in [0.3, 0.4) is 0 Å².